The number of aryl methyl sites for hydroxylation is 1. The van der Waals surface area contributed by atoms with Gasteiger partial charge in [0.1, 0.15) is 5.75 Å². The maximum atomic E-state index is 9.16. The Bertz CT molecular complexity index is 276. The van der Waals surface area contributed by atoms with Crippen molar-refractivity contribution in [2.24, 2.45) is 5.92 Å². The zero-order valence-corrected chi connectivity index (χ0v) is 10.6. The van der Waals surface area contributed by atoms with E-state index in [9.17, 15) is 0 Å². The zero-order chi connectivity index (χ0) is 11.8. The quantitative estimate of drug-likeness (QED) is 0.669. The molecule has 0 aromatic heterocycles. The topological polar surface area (TPSA) is 20.2 Å². The van der Waals surface area contributed by atoms with E-state index in [1.54, 1.807) is 12.1 Å². The summed E-state index contributed by atoms with van der Waals surface area (Å²) in [5.74, 6) is 1.24. The van der Waals surface area contributed by atoms with Crippen molar-refractivity contribution >= 4 is 0 Å². The minimum atomic E-state index is 0.361. The van der Waals surface area contributed by atoms with E-state index in [-0.39, 0.29) is 0 Å². The van der Waals surface area contributed by atoms with Gasteiger partial charge in [-0.3, -0.25) is 0 Å². The molecule has 1 rings (SSSR count). The molecule has 1 unspecified atom stereocenters. The van der Waals surface area contributed by atoms with Crippen molar-refractivity contribution in [3.05, 3.63) is 29.8 Å². The highest BCUT2D eigenvalue weighted by molar-refractivity contribution is 5.25. The maximum Gasteiger partial charge on any atom is 0.115 e. The van der Waals surface area contributed by atoms with E-state index >= 15 is 0 Å². The third-order valence-corrected chi connectivity index (χ3v) is 3.13. The lowest BCUT2D eigenvalue weighted by Gasteiger charge is -2.09. The first kappa shape index (κ1) is 13.1. The molecule has 0 aliphatic rings. The summed E-state index contributed by atoms with van der Waals surface area (Å²) in [6.07, 6.45) is 7.74. The summed E-state index contributed by atoms with van der Waals surface area (Å²) < 4.78 is 0. The van der Waals surface area contributed by atoms with Crippen molar-refractivity contribution in [1.82, 2.24) is 0 Å². The van der Waals surface area contributed by atoms with Gasteiger partial charge in [0.15, 0.2) is 0 Å². The van der Waals surface area contributed by atoms with E-state index < -0.39 is 0 Å². The van der Waals surface area contributed by atoms with Gasteiger partial charge in [0.25, 0.3) is 0 Å². The lowest BCUT2D eigenvalue weighted by atomic mass is 9.97. The van der Waals surface area contributed by atoms with Crippen molar-refractivity contribution in [2.45, 2.75) is 52.4 Å². The smallest absolute Gasteiger partial charge is 0.115 e. The molecular formula is C15H24O. The van der Waals surface area contributed by atoms with E-state index in [1.165, 1.54) is 37.7 Å². The van der Waals surface area contributed by atoms with Crippen LogP contribution >= 0.6 is 0 Å². The number of aromatic hydroxyl groups is 1. The van der Waals surface area contributed by atoms with Gasteiger partial charge < -0.3 is 5.11 Å². The Morgan fingerprint density at radius 2 is 1.75 bits per heavy atom. The first-order valence-electron chi connectivity index (χ1n) is 6.50. The van der Waals surface area contributed by atoms with E-state index in [4.69, 9.17) is 5.11 Å². The fourth-order valence-electron chi connectivity index (χ4n) is 2.12. The van der Waals surface area contributed by atoms with E-state index in [0.717, 1.165) is 12.3 Å². The van der Waals surface area contributed by atoms with Crippen LogP contribution in [0.5, 0.6) is 5.75 Å². The van der Waals surface area contributed by atoms with Gasteiger partial charge in [-0.1, -0.05) is 51.7 Å². The fraction of sp³-hybridized carbons (Fsp3) is 0.600. The van der Waals surface area contributed by atoms with Crippen LogP contribution in [0, 0.1) is 5.92 Å². The van der Waals surface area contributed by atoms with Crippen LogP contribution in [0.25, 0.3) is 0 Å². The monoisotopic (exact) mass is 220 g/mol. The van der Waals surface area contributed by atoms with E-state index in [2.05, 4.69) is 13.8 Å². The summed E-state index contributed by atoms with van der Waals surface area (Å²) in [4.78, 5) is 0. The second-order valence-corrected chi connectivity index (χ2v) is 4.81. The van der Waals surface area contributed by atoms with E-state index in [1.807, 2.05) is 12.1 Å². The van der Waals surface area contributed by atoms with Gasteiger partial charge in [-0.2, -0.15) is 0 Å². The van der Waals surface area contributed by atoms with Crippen LogP contribution in [-0.4, -0.2) is 5.11 Å². The molecule has 0 aliphatic heterocycles. The number of hydrogen-bond acceptors (Lipinski definition) is 1. The van der Waals surface area contributed by atoms with Crippen molar-refractivity contribution < 1.29 is 5.11 Å². The highest BCUT2D eigenvalue weighted by atomic mass is 16.3. The zero-order valence-electron chi connectivity index (χ0n) is 10.6. The lowest BCUT2D eigenvalue weighted by Crippen LogP contribution is -1.94. The number of benzene rings is 1. The standard InChI is InChI=1S/C15H24O/c1-3-6-13(2)7-4-5-8-14-9-11-15(16)12-10-14/h9-13,16H,3-8H2,1-2H3. The summed E-state index contributed by atoms with van der Waals surface area (Å²) in [6, 6.07) is 7.58. The van der Waals surface area contributed by atoms with Gasteiger partial charge in [-0.25, -0.2) is 0 Å². The molecule has 1 N–H and O–H groups in total. The maximum absolute atomic E-state index is 9.16. The van der Waals surface area contributed by atoms with Crippen molar-refractivity contribution in [3.8, 4) is 5.75 Å². The predicted molar refractivity (Wildman–Crippen MR) is 69.7 cm³/mol. The lowest BCUT2D eigenvalue weighted by molar-refractivity contribution is 0.460. The molecule has 1 heteroatoms. The Labute approximate surface area is 99.5 Å². The minimum Gasteiger partial charge on any atom is -0.508 e. The van der Waals surface area contributed by atoms with Gasteiger partial charge in [-0.05, 0) is 36.5 Å². The highest BCUT2D eigenvalue weighted by Crippen LogP contribution is 2.16. The Morgan fingerprint density at radius 1 is 1.06 bits per heavy atom. The fourth-order valence-corrected chi connectivity index (χ4v) is 2.12. The summed E-state index contributed by atoms with van der Waals surface area (Å²) in [5, 5.41) is 9.16. The summed E-state index contributed by atoms with van der Waals surface area (Å²) in [7, 11) is 0. The molecule has 0 spiro atoms. The normalized spacial score (nSPS) is 12.6. The van der Waals surface area contributed by atoms with Crippen molar-refractivity contribution in [1.29, 1.82) is 0 Å². The molecule has 1 atom stereocenters. The van der Waals surface area contributed by atoms with Crippen molar-refractivity contribution in [2.75, 3.05) is 0 Å². The number of unbranched alkanes of at least 4 members (excludes halogenated alkanes) is 1. The summed E-state index contributed by atoms with van der Waals surface area (Å²) in [5.41, 5.74) is 1.33. The van der Waals surface area contributed by atoms with Crippen molar-refractivity contribution in [3.63, 3.8) is 0 Å². The highest BCUT2D eigenvalue weighted by Gasteiger charge is 2.00. The van der Waals surface area contributed by atoms with Crippen LogP contribution in [0.1, 0.15) is 51.5 Å². The number of hydrogen-bond donors (Lipinski definition) is 1. The third-order valence-electron chi connectivity index (χ3n) is 3.13. The second-order valence-electron chi connectivity index (χ2n) is 4.81. The molecule has 0 saturated heterocycles. The van der Waals surface area contributed by atoms with Gasteiger partial charge in [0, 0.05) is 0 Å². The first-order chi connectivity index (χ1) is 7.72. The molecule has 0 amide bonds. The molecule has 0 radical (unpaired) electrons. The molecule has 0 fully saturated rings. The molecule has 1 nitrogen and oxygen atoms in total. The Hall–Kier alpha value is -0.980. The Balaban J connectivity index is 2.13. The molecule has 0 bridgehead atoms. The molecule has 1 aromatic carbocycles. The van der Waals surface area contributed by atoms with Gasteiger partial charge in [0.05, 0.1) is 0 Å². The molecule has 16 heavy (non-hydrogen) atoms. The largest absolute Gasteiger partial charge is 0.508 e. The molecular weight excluding hydrogens is 196 g/mol. The van der Waals surface area contributed by atoms with E-state index in [0.29, 0.717) is 5.75 Å². The average Bonchev–Trinajstić information content (AvgIpc) is 2.27. The van der Waals surface area contributed by atoms with Crippen LogP contribution in [-0.2, 0) is 6.42 Å². The van der Waals surface area contributed by atoms with Crippen LogP contribution in [0.4, 0.5) is 0 Å². The third kappa shape index (κ3) is 5.20. The Morgan fingerprint density at radius 3 is 2.38 bits per heavy atom. The predicted octanol–water partition coefficient (Wildman–Crippen LogP) is 4.54. The molecule has 0 saturated carbocycles. The van der Waals surface area contributed by atoms with Crippen LogP contribution in [0.3, 0.4) is 0 Å². The van der Waals surface area contributed by atoms with Gasteiger partial charge >= 0.3 is 0 Å². The molecule has 0 aliphatic carbocycles. The summed E-state index contributed by atoms with van der Waals surface area (Å²) >= 11 is 0. The molecule has 1 aromatic rings. The number of phenolic OH excluding ortho intramolecular Hbond substituents is 1. The van der Waals surface area contributed by atoms with Crippen LogP contribution in [0.2, 0.25) is 0 Å². The first-order valence-corrected chi connectivity index (χ1v) is 6.50. The number of phenols is 1. The van der Waals surface area contributed by atoms with Crippen LogP contribution in [0.15, 0.2) is 24.3 Å². The number of rotatable bonds is 7. The SMILES string of the molecule is CCCC(C)CCCCc1ccc(O)cc1. The molecule has 90 valence electrons. The second kappa shape index (κ2) is 7.32. The van der Waals surface area contributed by atoms with Gasteiger partial charge in [-0.15, -0.1) is 0 Å². The van der Waals surface area contributed by atoms with Gasteiger partial charge in [0.2, 0.25) is 0 Å². The Kier molecular flexibility index (Phi) is 5.99. The minimum absolute atomic E-state index is 0.361. The summed E-state index contributed by atoms with van der Waals surface area (Å²) in [6.45, 7) is 4.61. The molecule has 0 heterocycles. The average molecular weight is 220 g/mol. The van der Waals surface area contributed by atoms with Crippen LogP contribution < -0.4 is 0 Å².